The Morgan fingerprint density at radius 3 is 2.65 bits per heavy atom. The molecule has 0 fully saturated rings. The molecular weight excluding hydrogens is 388 g/mol. The van der Waals surface area contributed by atoms with E-state index in [1.807, 2.05) is 55.5 Å². The first-order valence-electron chi connectivity index (χ1n) is 10.7. The molecule has 0 unspecified atom stereocenters. The van der Waals surface area contributed by atoms with Gasteiger partial charge in [-0.05, 0) is 31.5 Å². The number of aryl methyl sites for hydroxylation is 2. The first kappa shape index (κ1) is 20.7. The third-order valence-electron chi connectivity index (χ3n) is 5.37. The lowest BCUT2D eigenvalue weighted by Crippen LogP contribution is -2.31. The smallest absolute Gasteiger partial charge is 0.319 e. The van der Waals surface area contributed by atoms with Crippen molar-refractivity contribution in [3.05, 3.63) is 59.9 Å². The second-order valence-corrected chi connectivity index (χ2v) is 7.74. The van der Waals surface area contributed by atoms with Crippen LogP contribution in [0.25, 0.3) is 21.9 Å². The zero-order valence-electron chi connectivity index (χ0n) is 18.0. The first-order chi connectivity index (χ1) is 15.1. The Balaban J connectivity index is 1.58. The van der Waals surface area contributed by atoms with Crippen LogP contribution in [0.5, 0.6) is 0 Å². The summed E-state index contributed by atoms with van der Waals surface area (Å²) in [5.41, 5.74) is 10.7. The van der Waals surface area contributed by atoms with Gasteiger partial charge in [0, 0.05) is 30.6 Å². The highest BCUT2D eigenvalue weighted by Gasteiger charge is 2.17. The molecule has 0 aliphatic heterocycles. The van der Waals surface area contributed by atoms with Crippen molar-refractivity contribution in [3.63, 3.8) is 0 Å². The number of nitrogen functional groups attached to an aromatic ring is 1. The van der Waals surface area contributed by atoms with Crippen LogP contribution in [0.4, 0.5) is 16.3 Å². The summed E-state index contributed by atoms with van der Waals surface area (Å²) in [7, 11) is 0. The fourth-order valence-electron chi connectivity index (χ4n) is 3.76. The van der Waals surface area contributed by atoms with Crippen molar-refractivity contribution in [2.75, 3.05) is 17.6 Å². The van der Waals surface area contributed by atoms with Gasteiger partial charge in [-0.2, -0.15) is 0 Å². The predicted octanol–water partition coefficient (Wildman–Crippen LogP) is 4.64. The summed E-state index contributed by atoms with van der Waals surface area (Å²) in [5, 5.41) is 6.84. The Labute approximate surface area is 181 Å². The normalized spacial score (nSPS) is 11.2. The molecule has 7 nitrogen and oxygen atoms in total. The van der Waals surface area contributed by atoms with Crippen molar-refractivity contribution >= 4 is 39.5 Å². The van der Waals surface area contributed by atoms with Gasteiger partial charge in [-0.15, -0.1) is 0 Å². The fraction of sp³-hybridized carbons (Fsp3) is 0.292. The van der Waals surface area contributed by atoms with Gasteiger partial charge in [0.15, 0.2) is 5.82 Å². The minimum atomic E-state index is -0.227. The summed E-state index contributed by atoms with van der Waals surface area (Å²) in [5.74, 6) is 1.41. The molecule has 2 heterocycles. The summed E-state index contributed by atoms with van der Waals surface area (Å²) in [6.07, 6.45) is 2.97. The lowest BCUT2D eigenvalue weighted by Gasteiger charge is -2.12. The molecule has 0 aliphatic carbocycles. The zero-order chi connectivity index (χ0) is 21.8. The zero-order valence-corrected chi connectivity index (χ0v) is 18.0. The number of amides is 2. The number of aromatic nitrogens is 3. The van der Waals surface area contributed by atoms with Crippen LogP contribution in [-0.2, 0) is 13.0 Å². The number of anilines is 2. The van der Waals surface area contributed by atoms with E-state index in [1.54, 1.807) is 0 Å². The van der Waals surface area contributed by atoms with Gasteiger partial charge in [-0.25, -0.2) is 14.8 Å². The van der Waals surface area contributed by atoms with Gasteiger partial charge in [0.1, 0.15) is 11.3 Å². The summed E-state index contributed by atoms with van der Waals surface area (Å²) in [6, 6.07) is 15.5. The molecule has 2 aromatic carbocycles. The molecule has 0 bridgehead atoms. The highest BCUT2D eigenvalue weighted by atomic mass is 16.2. The second-order valence-electron chi connectivity index (χ2n) is 7.74. The molecule has 4 rings (SSSR count). The van der Waals surface area contributed by atoms with Gasteiger partial charge < -0.3 is 20.9 Å². The van der Waals surface area contributed by atoms with Gasteiger partial charge in [0.2, 0.25) is 0 Å². The average molecular weight is 417 g/mol. The molecule has 31 heavy (non-hydrogen) atoms. The number of pyridine rings is 1. The molecule has 4 N–H and O–H groups in total. The maximum Gasteiger partial charge on any atom is 0.319 e. The third-order valence-corrected chi connectivity index (χ3v) is 5.37. The Kier molecular flexibility index (Phi) is 6.02. The quantitative estimate of drug-likeness (QED) is 0.409. The molecule has 4 aromatic rings. The Morgan fingerprint density at radius 2 is 1.87 bits per heavy atom. The van der Waals surface area contributed by atoms with Crippen molar-refractivity contribution in [3.8, 4) is 0 Å². The van der Waals surface area contributed by atoms with Crippen LogP contribution in [0.1, 0.15) is 31.2 Å². The Hall–Kier alpha value is -3.61. The van der Waals surface area contributed by atoms with Gasteiger partial charge in [-0.1, -0.05) is 49.2 Å². The maximum absolute atomic E-state index is 12.3. The lowest BCUT2D eigenvalue weighted by molar-refractivity contribution is 0.251. The van der Waals surface area contributed by atoms with Gasteiger partial charge in [0.05, 0.1) is 11.0 Å². The van der Waals surface area contributed by atoms with E-state index >= 15 is 0 Å². The van der Waals surface area contributed by atoms with Gasteiger partial charge in [-0.3, -0.25) is 0 Å². The third kappa shape index (κ3) is 4.45. The van der Waals surface area contributed by atoms with E-state index in [1.165, 1.54) is 0 Å². The maximum atomic E-state index is 12.3. The number of nitrogens with one attached hydrogen (secondary N) is 2. The summed E-state index contributed by atoms with van der Waals surface area (Å²) in [6.45, 7) is 5.25. The summed E-state index contributed by atoms with van der Waals surface area (Å²) >= 11 is 0. The summed E-state index contributed by atoms with van der Waals surface area (Å²) in [4.78, 5) is 21.7. The molecule has 0 saturated heterocycles. The number of carbonyl (C=O) groups is 1. The van der Waals surface area contributed by atoms with Crippen molar-refractivity contribution in [1.82, 2.24) is 19.9 Å². The Morgan fingerprint density at radius 1 is 1.10 bits per heavy atom. The standard InChI is InChI=1S/C24H28N6O/c1-3-4-9-20-29-21-22(18-7-5-6-8-19(18)28-23(21)25)30(20)15-14-26-24(31)27-17-12-10-16(2)11-13-17/h5-8,10-13H,3-4,9,14-15H2,1-2H3,(H2,25,28)(H2,26,27,31). The number of benzene rings is 2. The number of rotatable bonds is 7. The highest BCUT2D eigenvalue weighted by Crippen LogP contribution is 2.29. The van der Waals surface area contributed by atoms with E-state index < -0.39 is 0 Å². The SMILES string of the molecule is CCCCc1nc2c(N)nc3ccccc3c2n1CCNC(=O)Nc1ccc(C)cc1. The molecule has 0 aliphatic rings. The number of hydrogen-bond donors (Lipinski definition) is 3. The topological polar surface area (TPSA) is 97.9 Å². The van der Waals surface area contributed by atoms with Crippen LogP contribution in [0.15, 0.2) is 48.5 Å². The molecular formula is C24H28N6O. The second kappa shape index (κ2) is 9.04. The molecule has 0 atom stereocenters. The van der Waals surface area contributed by atoms with Crippen LogP contribution in [0.3, 0.4) is 0 Å². The van der Waals surface area contributed by atoms with Crippen LogP contribution in [0, 0.1) is 6.92 Å². The van der Waals surface area contributed by atoms with E-state index in [2.05, 4.69) is 27.1 Å². The molecule has 7 heteroatoms. The molecule has 2 amide bonds. The number of para-hydroxylation sites is 1. The van der Waals surface area contributed by atoms with E-state index in [4.69, 9.17) is 10.7 Å². The Bertz CT molecular complexity index is 1210. The number of unbranched alkanes of at least 4 members (excludes halogenated alkanes) is 1. The molecule has 0 radical (unpaired) electrons. The van der Waals surface area contributed by atoms with E-state index in [0.29, 0.717) is 18.9 Å². The van der Waals surface area contributed by atoms with Crippen LogP contribution in [-0.4, -0.2) is 27.1 Å². The van der Waals surface area contributed by atoms with Crippen molar-refractivity contribution in [2.45, 2.75) is 39.7 Å². The minimum Gasteiger partial charge on any atom is -0.382 e. The van der Waals surface area contributed by atoms with Crippen LogP contribution < -0.4 is 16.4 Å². The molecule has 160 valence electrons. The number of nitrogens with two attached hydrogens (primary N) is 1. The van der Waals surface area contributed by atoms with Crippen LogP contribution >= 0.6 is 0 Å². The number of imidazole rings is 1. The number of urea groups is 1. The molecule has 0 saturated carbocycles. The van der Waals surface area contributed by atoms with E-state index in [0.717, 1.165) is 58.3 Å². The van der Waals surface area contributed by atoms with E-state index in [-0.39, 0.29) is 6.03 Å². The lowest BCUT2D eigenvalue weighted by atomic mass is 10.2. The summed E-state index contributed by atoms with van der Waals surface area (Å²) < 4.78 is 2.18. The predicted molar refractivity (Wildman–Crippen MR) is 126 cm³/mol. The highest BCUT2D eigenvalue weighted by molar-refractivity contribution is 6.06. The molecule has 2 aromatic heterocycles. The minimum absolute atomic E-state index is 0.227. The first-order valence-corrected chi connectivity index (χ1v) is 10.7. The fourth-order valence-corrected chi connectivity index (χ4v) is 3.76. The van der Waals surface area contributed by atoms with Gasteiger partial charge >= 0.3 is 6.03 Å². The van der Waals surface area contributed by atoms with Crippen LogP contribution in [0.2, 0.25) is 0 Å². The molecule has 0 spiro atoms. The van der Waals surface area contributed by atoms with Crippen molar-refractivity contribution < 1.29 is 4.79 Å². The van der Waals surface area contributed by atoms with Crippen molar-refractivity contribution in [1.29, 1.82) is 0 Å². The average Bonchev–Trinajstić information content (AvgIpc) is 3.13. The number of fused-ring (bicyclic) bond motifs is 3. The number of hydrogen-bond acceptors (Lipinski definition) is 4. The number of nitrogens with zero attached hydrogens (tertiary/aromatic N) is 3. The largest absolute Gasteiger partial charge is 0.382 e. The monoisotopic (exact) mass is 416 g/mol. The van der Waals surface area contributed by atoms with E-state index in [9.17, 15) is 4.79 Å². The van der Waals surface area contributed by atoms with Crippen molar-refractivity contribution in [2.24, 2.45) is 0 Å². The van der Waals surface area contributed by atoms with Gasteiger partial charge in [0.25, 0.3) is 0 Å². The number of carbonyl (C=O) groups excluding carboxylic acids is 1.